The van der Waals surface area contributed by atoms with Crippen LogP contribution in [0.3, 0.4) is 0 Å². The second kappa shape index (κ2) is 6.50. The molecule has 2 N–H and O–H groups in total. The predicted octanol–water partition coefficient (Wildman–Crippen LogP) is 3.75. The van der Waals surface area contributed by atoms with Gasteiger partial charge in [0.25, 0.3) is 0 Å². The Balaban J connectivity index is 1.45. The molecule has 4 atom stereocenters. The molecule has 2 fully saturated rings. The molecule has 1 aromatic carbocycles. The summed E-state index contributed by atoms with van der Waals surface area (Å²) < 4.78 is 0. The van der Waals surface area contributed by atoms with Crippen molar-refractivity contribution in [3.8, 4) is 0 Å². The topological polar surface area (TPSA) is 29.3 Å². The fourth-order valence-electron chi connectivity index (χ4n) is 4.61. The van der Waals surface area contributed by atoms with Gasteiger partial charge in [0.2, 0.25) is 0 Å². The second-order valence-corrected chi connectivity index (χ2v) is 7.45. The molecule has 2 saturated carbocycles. The molecule has 0 radical (unpaired) electrons. The van der Waals surface area contributed by atoms with Crippen molar-refractivity contribution in [2.24, 2.45) is 23.5 Å². The van der Waals surface area contributed by atoms with E-state index in [1.807, 2.05) is 0 Å². The van der Waals surface area contributed by atoms with Crippen molar-refractivity contribution in [3.05, 3.63) is 35.4 Å². The van der Waals surface area contributed by atoms with Gasteiger partial charge in [0.05, 0.1) is 0 Å². The van der Waals surface area contributed by atoms with Crippen molar-refractivity contribution in [2.45, 2.75) is 45.1 Å². The summed E-state index contributed by atoms with van der Waals surface area (Å²) in [6.45, 7) is 4.55. The molecular weight excluding hydrogens is 256 g/mol. The molecule has 2 aliphatic rings. The van der Waals surface area contributed by atoms with Crippen LogP contribution in [0, 0.1) is 24.7 Å². The van der Waals surface area contributed by atoms with Crippen LogP contribution in [0.15, 0.2) is 24.3 Å². The van der Waals surface area contributed by atoms with Crippen LogP contribution in [0.25, 0.3) is 0 Å². The average Bonchev–Trinajstić information content (AvgIpc) is 3.08. The van der Waals surface area contributed by atoms with Gasteiger partial charge in [-0.15, -0.1) is 0 Å². The van der Waals surface area contributed by atoms with E-state index >= 15 is 0 Å². The van der Waals surface area contributed by atoms with Crippen molar-refractivity contribution < 1.29 is 0 Å². The fraction of sp³-hybridized carbons (Fsp3) is 0.684. The highest BCUT2D eigenvalue weighted by atomic mass is 15.1. The van der Waals surface area contributed by atoms with Crippen LogP contribution < -0.4 is 5.73 Å². The molecule has 2 bridgehead atoms. The standard InChI is InChI=1S/C19H30N2/c1-14-5-3-4-6-18(14)19(20)9-10-21(2)13-17-12-15-7-8-16(17)11-15/h3-6,15-17,19H,7-13,20H2,1-2H3. The summed E-state index contributed by atoms with van der Waals surface area (Å²) in [6.07, 6.45) is 7.05. The normalized spacial score (nSPS) is 29.2. The third kappa shape index (κ3) is 3.49. The number of rotatable bonds is 6. The van der Waals surface area contributed by atoms with Gasteiger partial charge in [-0.25, -0.2) is 0 Å². The minimum atomic E-state index is 0.175. The molecule has 3 rings (SSSR count). The summed E-state index contributed by atoms with van der Waals surface area (Å²) in [5.41, 5.74) is 9.02. The summed E-state index contributed by atoms with van der Waals surface area (Å²) in [7, 11) is 2.27. The molecule has 0 heterocycles. The zero-order valence-corrected chi connectivity index (χ0v) is 13.6. The zero-order chi connectivity index (χ0) is 14.8. The van der Waals surface area contributed by atoms with E-state index in [1.165, 1.54) is 43.4 Å². The third-order valence-corrected chi connectivity index (χ3v) is 5.84. The molecule has 4 unspecified atom stereocenters. The Labute approximate surface area is 129 Å². The molecule has 1 aromatic rings. The quantitative estimate of drug-likeness (QED) is 0.863. The number of hydrogen-bond acceptors (Lipinski definition) is 2. The van der Waals surface area contributed by atoms with Crippen molar-refractivity contribution in [1.29, 1.82) is 0 Å². The van der Waals surface area contributed by atoms with Gasteiger partial charge >= 0.3 is 0 Å². The van der Waals surface area contributed by atoms with E-state index in [4.69, 9.17) is 5.73 Å². The lowest BCUT2D eigenvalue weighted by atomic mass is 9.88. The first kappa shape index (κ1) is 15.1. The van der Waals surface area contributed by atoms with Crippen molar-refractivity contribution in [2.75, 3.05) is 20.1 Å². The lowest BCUT2D eigenvalue weighted by Gasteiger charge is -2.28. The van der Waals surface area contributed by atoms with Gasteiger partial charge in [-0.05, 0) is 75.1 Å². The number of aryl methyl sites for hydroxylation is 1. The van der Waals surface area contributed by atoms with E-state index in [-0.39, 0.29) is 6.04 Å². The van der Waals surface area contributed by atoms with Gasteiger partial charge in [0.1, 0.15) is 0 Å². The van der Waals surface area contributed by atoms with Crippen LogP contribution in [0.2, 0.25) is 0 Å². The third-order valence-electron chi connectivity index (χ3n) is 5.84. The first-order chi connectivity index (χ1) is 10.1. The van der Waals surface area contributed by atoms with E-state index in [1.54, 1.807) is 0 Å². The van der Waals surface area contributed by atoms with Crippen LogP contribution in [0.1, 0.15) is 49.3 Å². The first-order valence-electron chi connectivity index (χ1n) is 8.63. The summed E-state index contributed by atoms with van der Waals surface area (Å²) in [6, 6.07) is 8.70. The summed E-state index contributed by atoms with van der Waals surface area (Å²) in [4.78, 5) is 2.52. The molecule has 116 valence electrons. The van der Waals surface area contributed by atoms with Crippen molar-refractivity contribution in [1.82, 2.24) is 4.90 Å². The highest BCUT2D eigenvalue weighted by Gasteiger charge is 2.39. The molecular formula is C19H30N2. The maximum Gasteiger partial charge on any atom is 0.0309 e. The maximum atomic E-state index is 6.39. The van der Waals surface area contributed by atoms with Gasteiger partial charge in [-0.3, -0.25) is 0 Å². The lowest BCUT2D eigenvalue weighted by molar-refractivity contribution is 0.215. The van der Waals surface area contributed by atoms with Gasteiger partial charge < -0.3 is 10.6 Å². The van der Waals surface area contributed by atoms with Crippen LogP contribution in [-0.2, 0) is 0 Å². The largest absolute Gasteiger partial charge is 0.324 e. The van der Waals surface area contributed by atoms with Gasteiger partial charge in [0, 0.05) is 12.6 Å². The van der Waals surface area contributed by atoms with E-state index in [0.717, 1.165) is 30.7 Å². The molecule has 2 aliphatic carbocycles. The van der Waals surface area contributed by atoms with Gasteiger partial charge in [0.15, 0.2) is 0 Å². The molecule has 2 heteroatoms. The predicted molar refractivity (Wildman–Crippen MR) is 89.2 cm³/mol. The van der Waals surface area contributed by atoms with Crippen LogP contribution in [0.5, 0.6) is 0 Å². The van der Waals surface area contributed by atoms with Gasteiger partial charge in [-0.1, -0.05) is 30.7 Å². The minimum absolute atomic E-state index is 0.175. The Hall–Kier alpha value is -0.860. The Kier molecular flexibility index (Phi) is 4.66. The Bertz CT molecular complexity index is 470. The smallest absolute Gasteiger partial charge is 0.0309 e. The lowest BCUT2D eigenvalue weighted by Crippen LogP contribution is -2.31. The number of fused-ring (bicyclic) bond motifs is 2. The number of nitrogens with two attached hydrogens (primary N) is 1. The molecule has 0 saturated heterocycles. The van der Waals surface area contributed by atoms with E-state index in [9.17, 15) is 0 Å². The number of benzene rings is 1. The van der Waals surface area contributed by atoms with Crippen LogP contribution in [0.4, 0.5) is 0 Å². The number of hydrogen-bond donors (Lipinski definition) is 1. The fourth-order valence-corrected chi connectivity index (χ4v) is 4.61. The summed E-state index contributed by atoms with van der Waals surface area (Å²) in [5, 5.41) is 0. The highest BCUT2D eigenvalue weighted by Crippen LogP contribution is 2.48. The molecule has 0 aromatic heterocycles. The van der Waals surface area contributed by atoms with E-state index < -0.39 is 0 Å². The molecule has 2 nitrogen and oxygen atoms in total. The average molecular weight is 286 g/mol. The Morgan fingerprint density at radius 3 is 2.71 bits per heavy atom. The zero-order valence-electron chi connectivity index (χ0n) is 13.6. The molecule has 0 amide bonds. The van der Waals surface area contributed by atoms with E-state index in [0.29, 0.717) is 0 Å². The SMILES string of the molecule is Cc1ccccc1C(N)CCN(C)CC1CC2CCC1C2. The van der Waals surface area contributed by atoms with E-state index in [2.05, 4.69) is 43.1 Å². The second-order valence-electron chi connectivity index (χ2n) is 7.45. The monoisotopic (exact) mass is 286 g/mol. The summed E-state index contributed by atoms with van der Waals surface area (Å²) >= 11 is 0. The number of nitrogens with zero attached hydrogens (tertiary/aromatic N) is 1. The van der Waals surface area contributed by atoms with Crippen molar-refractivity contribution in [3.63, 3.8) is 0 Å². The minimum Gasteiger partial charge on any atom is -0.324 e. The Morgan fingerprint density at radius 1 is 1.24 bits per heavy atom. The molecule has 0 spiro atoms. The maximum absolute atomic E-state index is 6.39. The Morgan fingerprint density at radius 2 is 2.05 bits per heavy atom. The van der Waals surface area contributed by atoms with Gasteiger partial charge in [-0.2, -0.15) is 0 Å². The van der Waals surface area contributed by atoms with Crippen molar-refractivity contribution >= 4 is 0 Å². The molecule has 21 heavy (non-hydrogen) atoms. The summed E-state index contributed by atoms with van der Waals surface area (Å²) in [5.74, 6) is 3.05. The van der Waals surface area contributed by atoms with Crippen LogP contribution in [-0.4, -0.2) is 25.0 Å². The molecule has 0 aliphatic heterocycles. The van der Waals surface area contributed by atoms with Crippen LogP contribution >= 0.6 is 0 Å². The highest BCUT2D eigenvalue weighted by molar-refractivity contribution is 5.28. The first-order valence-corrected chi connectivity index (χ1v) is 8.63.